The van der Waals surface area contributed by atoms with Gasteiger partial charge in [0.15, 0.2) is 0 Å². The van der Waals surface area contributed by atoms with Gasteiger partial charge in [-0.05, 0) is 34.7 Å². The van der Waals surface area contributed by atoms with E-state index in [4.69, 9.17) is 4.55 Å². The number of rotatable bonds is 3. The molecule has 0 bridgehead atoms. The Balaban J connectivity index is 0.00000220. The normalized spacial score (nSPS) is 10.9. The zero-order chi connectivity index (χ0) is 15.1. The van der Waals surface area contributed by atoms with Crippen LogP contribution in [-0.2, 0) is 29.6 Å². The fourth-order valence-corrected chi connectivity index (χ4v) is 2.51. The van der Waals surface area contributed by atoms with Crippen LogP contribution in [0.5, 0.6) is 0 Å². The van der Waals surface area contributed by atoms with Crippen LogP contribution in [0.3, 0.4) is 0 Å². The Morgan fingerprint density at radius 3 is 2.00 bits per heavy atom. The molecule has 2 aromatic carbocycles. The molecule has 0 saturated heterocycles. The third kappa shape index (κ3) is 3.44. The van der Waals surface area contributed by atoms with Crippen LogP contribution in [0.2, 0.25) is 0 Å². The molecule has 0 spiro atoms. The van der Waals surface area contributed by atoms with E-state index in [0.29, 0.717) is 6.07 Å². The average molecular weight is 360 g/mol. The second-order valence-corrected chi connectivity index (χ2v) is 5.35. The van der Waals surface area contributed by atoms with Crippen LogP contribution in [0.25, 0.3) is 10.8 Å². The van der Waals surface area contributed by atoms with Crippen LogP contribution in [0.15, 0.2) is 35.2 Å². The quantitative estimate of drug-likeness (QED) is 0.537. The first-order valence-corrected chi connectivity index (χ1v) is 6.62. The van der Waals surface area contributed by atoms with Gasteiger partial charge in [-0.25, -0.2) is 0 Å². The molecule has 21 heavy (non-hydrogen) atoms. The van der Waals surface area contributed by atoms with E-state index in [1.807, 2.05) is 0 Å². The SMILES string of the molecule is O=C([O-])c1cc(S(=O)(=O)O)c2cc(C(=O)[O-])ccc2c1.[Zn+2]. The van der Waals surface area contributed by atoms with Crippen LogP contribution < -0.4 is 10.2 Å². The molecule has 0 radical (unpaired) electrons. The summed E-state index contributed by atoms with van der Waals surface area (Å²) in [4.78, 5) is 20.9. The molecule has 7 nitrogen and oxygen atoms in total. The minimum atomic E-state index is -4.73. The molecule has 2 rings (SSSR count). The predicted octanol–water partition coefficient (Wildman–Crippen LogP) is -1.19. The average Bonchev–Trinajstić information content (AvgIpc) is 2.35. The molecule has 0 aliphatic rings. The van der Waals surface area contributed by atoms with Crippen LogP contribution in [0, 0.1) is 0 Å². The van der Waals surface area contributed by atoms with Gasteiger partial charge in [-0.15, -0.1) is 0 Å². The van der Waals surface area contributed by atoms with E-state index < -0.39 is 32.5 Å². The summed E-state index contributed by atoms with van der Waals surface area (Å²) < 4.78 is 31.7. The molecule has 0 aliphatic carbocycles. The maximum absolute atomic E-state index is 11.3. The molecule has 1 N–H and O–H groups in total. The van der Waals surface area contributed by atoms with E-state index in [9.17, 15) is 28.2 Å². The van der Waals surface area contributed by atoms with Crippen molar-refractivity contribution >= 4 is 32.8 Å². The van der Waals surface area contributed by atoms with Crippen molar-refractivity contribution in [3.05, 3.63) is 41.5 Å². The maximum Gasteiger partial charge on any atom is 2.00 e. The van der Waals surface area contributed by atoms with E-state index in [-0.39, 0.29) is 35.8 Å². The van der Waals surface area contributed by atoms with E-state index in [1.165, 1.54) is 6.07 Å². The van der Waals surface area contributed by atoms with Gasteiger partial charge in [0.05, 0.1) is 11.9 Å². The topological polar surface area (TPSA) is 135 Å². The summed E-state index contributed by atoms with van der Waals surface area (Å²) in [7, 11) is -4.73. The molecule has 0 aromatic heterocycles. The second kappa shape index (κ2) is 5.89. The van der Waals surface area contributed by atoms with E-state index >= 15 is 0 Å². The number of carbonyl (C=O) groups is 2. The second-order valence-electron chi connectivity index (χ2n) is 3.96. The summed E-state index contributed by atoms with van der Waals surface area (Å²) in [6.07, 6.45) is 0. The van der Waals surface area contributed by atoms with Crippen molar-refractivity contribution in [3.8, 4) is 0 Å². The number of hydrogen-bond acceptors (Lipinski definition) is 6. The summed E-state index contributed by atoms with van der Waals surface area (Å²) in [5.74, 6) is -3.15. The Labute approximate surface area is 131 Å². The summed E-state index contributed by atoms with van der Waals surface area (Å²) in [6, 6.07) is 5.13. The summed E-state index contributed by atoms with van der Waals surface area (Å²) in [5.41, 5.74) is -0.755. The van der Waals surface area contributed by atoms with Crippen molar-refractivity contribution in [2.75, 3.05) is 0 Å². The van der Waals surface area contributed by atoms with Gasteiger partial charge in [-0.3, -0.25) is 4.55 Å². The third-order valence-electron chi connectivity index (χ3n) is 2.67. The Morgan fingerprint density at radius 1 is 0.952 bits per heavy atom. The number of fused-ring (bicyclic) bond motifs is 1. The van der Waals surface area contributed by atoms with Crippen molar-refractivity contribution in [1.82, 2.24) is 0 Å². The molecule has 0 heterocycles. The Kier molecular flexibility index (Phi) is 4.83. The minimum Gasteiger partial charge on any atom is -0.545 e. The standard InChI is InChI=1S/C12H8O7S.Zn/c13-11(14)7-2-1-6-3-8(12(15)16)5-10(9(6)4-7)20(17,18)19;/h1-5H,(H,13,14)(H,15,16)(H,17,18,19);/q;+2/p-2. The molecule has 0 unspecified atom stereocenters. The number of carboxylic acid groups (broad SMARTS) is 2. The predicted molar refractivity (Wildman–Crippen MR) is 62.4 cm³/mol. The first-order chi connectivity index (χ1) is 9.20. The van der Waals surface area contributed by atoms with Gasteiger partial charge < -0.3 is 19.8 Å². The van der Waals surface area contributed by atoms with Crippen LogP contribution >= 0.6 is 0 Å². The number of carboxylic acids is 2. The van der Waals surface area contributed by atoms with Crippen molar-refractivity contribution in [3.63, 3.8) is 0 Å². The Bertz CT molecular complexity index is 842. The fourth-order valence-electron chi connectivity index (χ4n) is 1.78. The fraction of sp³-hybridized carbons (Fsp3) is 0. The van der Waals surface area contributed by atoms with Crippen LogP contribution in [-0.4, -0.2) is 24.9 Å². The summed E-state index contributed by atoms with van der Waals surface area (Å²) in [5, 5.41) is 21.6. The molecule has 0 fully saturated rings. The Hall–Kier alpha value is -1.83. The molecule has 0 saturated carbocycles. The van der Waals surface area contributed by atoms with Crippen molar-refractivity contribution in [1.29, 1.82) is 0 Å². The van der Waals surface area contributed by atoms with E-state index in [2.05, 4.69) is 0 Å². The maximum atomic E-state index is 11.3. The summed E-state index contributed by atoms with van der Waals surface area (Å²) in [6.45, 7) is 0. The number of carbonyl (C=O) groups excluding carboxylic acids is 2. The molecular formula is C12H6O7SZn. The van der Waals surface area contributed by atoms with Crippen molar-refractivity contribution in [2.45, 2.75) is 4.90 Å². The first kappa shape index (κ1) is 17.2. The molecule has 9 heteroatoms. The van der Waals surface area contributed by atoms with Crippen molar-refractivity contribution in [2.24, 2.45) is 0 Å². The smallest absolute Gasteiger partial charge is 0.545 e. The summed E-state index contributed by atoms with van der Waals surface area (Å²) >= 11 is 0. The van der Waals surface area contributed by atoms with E-state index in [1.54, 1.807) is 0 Å². The first-order valence-electron chi connectivity index (χ1n) is 5.18. The van der Waals surface area contributed by atoms with Crippen LogP contribution in [0.4, 0.5) is 0 Å². The molecule has 0 atom stereocenters. The van der Waals surface area contributed by atoms with Gasteiger partial charge in [-0.2, -0.15) is 8.42 Å². The molecule has 104 valence electrons. The van der Waals surface area contributed by atoms with Gasteiger partial charge in [0, 0.05) is 5.39 Å². The van der Waals surface area contributed by atoms with Crippen molar-refractivity contribution < 1.29 is 52.3 Å². The molecule has 0 amide bonds. The van der Waals surface area contributed by atoms with Gasteiger partial charge in [-0.1, -0.05) is 12.1 Å². The van der Waals surface area contributed by atoms with Gasteiger partial charge >= 0.3 is 19.5 Å². The number of aromatic carboxylic acids is 2. The Morgan fingerprint density at radius 2 is 1.52 bits per heavy atom. The minimum absolute atomic E-state index is 0. The van der Waals surface area contributed by atoms with Gasteiger partial charge in [0.25, 0.3) is 10.1 Å². The third-order valence-corrected chi connectivity index (χ3v) is 3.56. The van der Waals surface area contributed by atoms with Gasteiger partial charge in [0.2, 0.25) is 0 Å². The molecular weight excluding hydrogens is 354 g/mol. The zero-order valence-corrected chi connectivity index (χ0v) is 14.2. The monoisotopic (exact) mass is 358 g/mol. The largest absolute Gasteiger partial charge is 2.00 e. The molecule has 2 aromatic rings. The van der Waals surface area contributed by atoms with E-state index in [0.717, 1.165) is 18.2 Å². The number of hydrogen-bond donors (Lipinski definition) is 1. The number of benzene rings is 2. The van der Waals surface area contributed by atoms with Crippen LogP contribution in [0.1, 0.15) is 20.7 Å². The van der Waals surface area contributed by atoms with Gasteiger partial charge in [0.1, 0.15) is 4.90 Å². The zero-order valence-electron chi connectivity index (χ0n) is 10.4. The molecule has 0 aliphatic heterocycles.